The van der Waals surface area contributed by atoms with Crippen LogP contribution in [0.25, 0.3) is 0 Å². The van der Waals surface area contributed by atoms with E-state index in [2.05, 4.69) is 5.32 Å². The summed E-state index contributed by atoms with van der Waals surface area (Å²) in [7, 11) is -3.47. The molecule has 0 spiro atoms. The molecule has 0 aliphatic rings. The number of carboxylic acids is 1. The molecular weight excluding hydrogens is 318 g/mol. The second-order valence-corrected chi connectivity index (χ2v) is 7.61. The van der Waals surface area contributed by atoms with E-state index in [0.29, 0.717) is 12.0 Å². The van der Waals surface area contributed by atoms with Crippen LogP contribution in [0.5, 0.6) is 0 Å². The Balaban J connectivity index is 2.68. The smallest absolute Gasteiger partial charge is 0.305 e. The molecule has 1 atom stereocenters. The third-order valence-electron chi connectivity index (χ3n) is 3.33. The van der Waals surface area contributed by atoms with E-state index in [9.17, 15) is 18.0 Å². The van der Waals surface area contributed by atoms with Gasteiger partial charge < -0.3 is 10.4 Å². The van der Waals surface area contributed by atoms with Crippen molar-refractivity contribution in [1.82, 2.24) is 5.32 Å². The van der Waals surface area contributed by atoms with Crippen molar-refractivity contribution in [2.45, 2.75) is 38.6 Å². The van der Waals surface area contributed by atoms with Gasteiger partial charge in [-0.25, -0.2) is 8.42 Å². The van der Waals surface area contributed by atoms with Crippen molar-refractivity contribution >= 4 is 21.7 Å². The van der Waals surface area contributed by atoms with Crippen molar-refractivity contribution in [3.63, 3.8) is 0 Å². The van der Waals surface area contributed by atoms with Gasteiger partial charge in [-0.3, -0.25) is 9.59 Å². The summed E-state index contributed by atoms with van der Waals surface area (Å²) in [5.41, 5.74) is 0.631. The van der Waals surface area contributed by atoms with Crippen LogP contribution in [0.3, 0.4) is 0 Å². The lowest BCUT2D eigenvalue weighted by Gasteiger charge is -2.17. The summed E-state index contributed by atoms with van der Waals surface area (Å²) in [4.78, 5) is 22.9. The minimum atomic E-state index is -3.47. The second kappa shape index (κ2) is 9.29. The number of benzene rings is 1. The van der Waals surface area contributed by atoms with Crippen molar-refractivity contribution in [1.29, 1.82) is 0 Å². The number of amides is 1. The van der Waals surface area contributed by atoms with Crippen LogP contribution in [0, 0.1) is 0 Å². The Bertz CT molecular complexity index is 613. The highest BCUT2D eigenvalue weighted by molar-refractivity contribution is 7.92. The number of carboxylic acid groups (broad SMARTS) is 1. The Kier molecular flexibility index (Phi) is 7.74. The summed E-state index contributed by atoms with van der Waals surface area (Å²) in [6.45, 7) is 1.97. The highest BCUT2D eigenvalue weighted by Gasteiger charge is 2.21. The van der Waals surface area contributed by atoms with E-state index in [4.69, 9.17) is 5.11 Å². The zero-order valence-corrected chi connectivity index (χ0v) is 14.0. The molecule has 0 fully saturated rings. The van der Waals surface area contributed by atoms with E-state index in [-0.39, 0.29) is 12.2 Å². The molecule has 1 aromatic rings. The van der Waals surface area contributed by atoms with Gasteiger partial charge in [0.15, 0.2) is 9.84 Å². The topological polar surface area (TPSA) is 101 Å². The number of aliphatic carboxylic acids is 1. The summed E-state index contributed by atoms with van der Waals surface area (Å²) in [5, 5.41) is 11.5. The van der Waals surface area contributed by atoms with Crippen LogP contribution in [-0.2, 0) is 19.4 Å². The lowest BCUT2D eigenvalue weighted by atomic mass is 10.0. The molecule has 2 N–H and O–H groups in total. The van der Waals surface area contributed by atoms with E-state index in [1.165, 1.54) is 0 Å². The lowest BCUT2D eigenvalue weighted by molar-refractivity contribution is -0.137. The molecule has 128 valence electrons. The number of hydrogen-bond acceptors (Lipinski definition) is 4. The predicted molar refractivity (Wildman–Crippen MR) is 87.8 cm³/mol. The molecule has 0 saturated heterocycles. The molecule has 1 unspecified atom stereocenters. The molecule has 1 amide bonds. The third-order valence-corrected chi connectivity index (χ3v) is 4.94. The minimum Gasteiger partial charge on any atom is -0.481 e. The van der Waals surface area contributed by atoms with Crippen LogP contribution in [0.4, 0.5) is 0 Å². The Morgan fingerprint density at radius 1 is 1.17 bits per heavy atom. The van der Waals surface area contributed by atoms with Gasteiger partial charge in [0, 0.05) is 0 Å². The van der Waals surface area contributed by atoms with Crippen molar-refractivity contribution in [2.75, 3.05) is 11.5 Å². The average Bonchev–Trinajstić information content (AvgIpc) is 2.46. The van der Waals surface area contributed by atoms with Crippen molar-refractivity contribution in [2.24, 2.45) is 0 Å². The van der Waals surface area contributed by atoms with Crippen molar-refractivity contribution in [3.8, 4) is 0 Å². The van der Waals surface area contributed by atoms with Crippen molar-refractivity contribution in [3.05, 3.63) is 35.9 Å². The van der Waals surface area contributed by atoms with Gasteiger partial charge >= 0.3 is 5.97 Å². The maximum absolute atomic E-state index is 12.0. The molecule has 1 rings (SSSR count). The third kappa shape index (κ3) is 7.78. The Morgan fingerprint density at radius 3 is 2.39 bits per heavy atom. The minimum absolute atomic E-state index is 0.0246. The van der Waals surface area contributed by atoms with Gasteiger partial charge in [0.2, 0.25) is 5.91 Å². The predicted octanol–water partition coefficient (Wildman–Crippen LogP) is 1.92. The number of sulfone groups is 1. The zero-order chi connectivity index (χ0) is 17.3. The van der Waals surface area contributed by atoms with Gasteiger partial charge in [0.25, 0.3) is 0 Å². The monoisotopic (exact) mass is 341 g/mol. The van der Waals surface area contributed by atoms with Crippen LogP contribution >= 0.6 is 0 Å². The molecule has 0 aromatic heterocycles. The molecular formula is C16H23NO5S. The number of carbonyl (C=O) groups is 2. The van der Waals surface area contributed by atoms with Crippen LogP contribution < -0.4 is 5.32 Å². The molecule has 7 heteroatoms. The van der Waals surface area contributed by atoms with Crippen LogP contribution in [0.15, 0.2) is 30.3 Å². The summed E-state index contributed by atoms with van der Waals surface area (Å²) in [6, 6.07) is 7.90. The molecule has 23 heavy (non-hydrogen) atoms. The normalized spacial score (nSPS) is 12.6. The number of rotatable bonds is 10. The first-order valence-corrected chi connectivity index (χ1v) is 9.42. The summed E-state index contributed by atoms with van der Waals surface area (Å²) in [5.74, 6) is -2.37. The quantitative estimate of drug-likeness (QED) is 0.633. The molecule has 0 radical (unpaired) electrons. The Hall–Kier alpha value is -1.89. The van der Waals surface area contributed by atoms with Gasteiger partial charge in [-0.15, -0.1) is 0 Å². The van der Waals surface area contributed by atoms with E-state index in [1.54, 1.807) is 30.3 Å². The SMILES string of the molecule is CCCCCS(=O)(=O)CC(=O)NC(CC(=O)O)c1ccccc1. The summed E-state index contributed by atoms with van der Waals surface area (Å²) < 4.78 is 23.8. The molecule has 6 nitrogen and oxygen atoms in total. The standard InChI is InChI=1S/C16H23NO5S/c1-2-3-7-10-23(21,22)12-15(18)17-14(11-16(19)20)13-8-5-4-6-9-13/h4-6,8-9,14H,2-3,7,10-12H2,1H3,(H,17,18)(H,19,20). The van der Waals surface area contributed by atoms with Crippen molar-refractivity contribution < 1.29 is 23.1 Å². The van der Waals surface area contributed by atoms with Crippen LogP contribution in [-0.4, -0.2) is 36.9 Å². The van der Waals surface area contributed by atoms with E-state index >= 15 is 0 Å². The lowest BCUT2D eigenvalue weighted by Crippen LogP contribution is -2.35. The zero-order valence-electron chi connectivity index (χ0n) is 13.2. The first-order chi connectivity index (χ1) is 10.8. The summed E-state index contributed by atoms with van der Waals surface area (Å²) in [6.07, 6.45) is 1.93. The van der Waals surface area contributed by atoms with Gasteiger partial charge in [0.05, 0.1) is 18.2 Å². The van der Waals surface area contributed by atoms with Gasteiger partial charge in [-0.2, -0.15) is 0 Å². The van der Waals surface area contributed by atoms with E-state index in [1.807, 2.05) is 6.92 Å². The maximum atomic E-state index is 12.0. The summed E-state index contributed by atoms with van der Waals surface area (Å²) >= 11 is 0. The number of unbranched alkanes of at least 4 members (excludes halogenated alkanes) is 2. The first kappa shape index (κ1) is 19.2. The molecule has 0 aliphatic heterocycles. The largest absolute Gasteiger partial charge is 0.481 e. The average molecular weight is 341 g/mol. The van der Waals surface area contributed by atoms with Gasteiger partial charge in [-0.05, 0) is 12.0 Å². The highest BCUT2D eigenvalue weighted by atomic mass is 32.2. The molecule has 0 heterocycles. The number of nitrogens with one attached hydrogen (secondary N) is 1. The highest BCUT2D eigenvalue weighted by Crippen LogP contribution is 2.16. The van der Waals surface area contributed by atoms with Gasteiger partial charge in [-0.1, -0.05) is 50.1 Å². The Morgan fingerprint density at radius 2 is 1.83 bits per heavy atom. The molecule has 1 aromatic carbocycles. The van der Waals surface area contributed by atoms with Crippen LogP contribution in [0.1, 0.15) is 44.2 Å². The number of hydrogen-bond donors (Lipinski definition) is 2. The van der Waals surface area contributed by atoms with E-state index in [0.717, 1.165) is 12.8 Å². The molecule has 0 aliphatic carbocycles. The Labute approximate surface area is 136 Å². The first-order valence-electron chi connectivity index (χ1n) is 7.60. The van der Waals surface area contributed by atoms with E-state index < -0.39 is 33.5 Å². The fourth-order valence-corrected chi connectivity index (χ4v) is 3.46. The fourth-order valence-electron chi connectivity index (χ4n) is 2.19. The fraction of sp³-hybridized carbons (Fsp3) is 0.500. The van der Waals surface area contributed by atoms with Gasteiger partial charge in [0.1, 0.15) is 5.75 Å². The molecule has 0 saturated carbocycles. The second-order valence-electron chi connectivity index (χ2n) is 5.43. The maximum Gasteiger partial charge on any atom is 0.305 e. The van der Waals surface area contributed by atoms with Crippen LogP contribution in [0.2, 0.25) is 0 Å². The number of carbonyl (C=O) groups excluding carboxylic acids is 1. The molecule has 0 bridgehead atoms.